The van der Waals surface area contributed by atoms with E-state index < -0.39 is 0 Å². The first-order chi connectivity index (χ1) is 13.8. The van der Waals surface area contributed by atoms with Gasteiger partial charge in [-0.05, 0) is 69.6 Å². The van der Waals surface area contributed by atoms with Crippen LogP contribution in [0.1, 0.15) is 34.7 Å². The van der Waals surface area contributed by atoms with Crippen molar-refractivity contribution < 1.29 is 4.79 Å². The van der Waals surface area contributed by atoms with Crippen molar-refractivity contribution in [3.8, 4) is 0 Å². The number of benzene rings is 2. The molecule has 2 aromatic carbocycles. The highest BCUT2D eigenvalue weighted by molar-refractivity contribution is 7.22. The normalized spacial score (nSPS) is 11.4. The SMILES string of the molecule is CCc1cccc2sc(N(CCN(C)C)C(=O)Cc3c(C)cc(C)cc3C)nc12. The third kappa shape index (κ3) is 4.85. The number of carbonyl (C=O) groups is 1. The number of hydrogen-bond acceptors (Lipinski definition) is 4. The lowest BCUT2D eigenvalue weighted by Crippen LogP contribution is -2.37. The van der Waals surface area contributed by atoms with E-state index in [9.17, 15) is 4.79 Å². The smallest absolute Gasteiger partial charge is 0.233 e. The highest BCUT2D eigenvalue weighted by Crippen LogP contribution is 2.31. The van der Waals surface area contributed by atoms with Crippen molar-refractivity contribution in [2.75, 3.05) is 32.1 Å². The van der Waals surface area contributed by atoms with Crippen LogP contribution in [0.4, 0.5) is 5.13 Å². The quantitative estimate of drug-likeness (QED) is 0.556. The Morgan fingerprint density at radius 3 is 2.38 bits per heavy atom. The van der Waals surface area contributed by atoms with Gasteiger partial charge in [0.25, 0.3) is 0 Å². The van der Waals surface area contributed by atoms with Gasteiger partial charge in [-0.15, -0.1) is 0 Å². The second-order valence-electron chi connectivity index (χ2n) is 8.02. The average molecular weight is 410 g/mol. The Labute approximate surface area is 178 Å². The number of rotatable bonds is 7. The lowest BCUT2D eigenvalue weighted by atomic mass is 9.97. The van der Waals surface area contributed by atoms with Crippen LogP contribution in [0.15, 0.2) is 30.3 Å². The molecule has 29 heavy (non-hydrogen) atoms. The Balaban J connectivity index is 1.96. The van der Waals surface area contributed by atoms with Gasteiger partial charge in [-0.25, -0.2) is 4.98 Å². The van der Waals surface area contributed by atoms with Gasteiger partial charge >= 0.3 is 0 Å². The molecule has 0 saturated heterocycles. The second-order valence-corrected chi connectivity index (χ2v) is 9.03. The Bertz CT molecular complexity index is 999. The number of carbonyl (C=O) groups excluding carboxylic acids is 1. The van der Waals surface area contributed by atoms with Crippen LogP contribution in [-0.2, 0) is 17.6 Å². The average Bonchev–Trinajstić information content (AvgIpc) is 3.08. The van der Waals surface area contributed by atoms with Crippen molar-refractivity contribution in [3.63, 3.8) is 0 Å². The van der Waals surface area contributed by atoms with E-state index in [1.54, 1.807) is 11.3 Å². The molecule has 1 amide bonds. The molecule has 0 saturated carbocycles. The molecule has 3 rings (SSSR count). The lowest BCUT2D eigenvalue weighted by Gasteiger charge is -2.23. The third-order valence-corrected chi connectivity index (χ3v) is 6.39. The lowest BCUT2D eigenvalue weighted by molar-refractivity contribution is -0.118. The summed E-state index contributed by atoms with van der Waals surface area (Å²) in [5.74, 6) is 0.110. The fraction of sp³-hybridized carbons (Fsp3) is 0.417. The van der Waals surface area contributed by atoms with Crippen molar-refractivity contribution in [1.29, 1.82) is 0 Å². The van der Waals surface area contributed by atoms with Gasteiger partial charge in [-0.2, -0.15) is 0 Å². The number of likely N-dealkylation sites (N-methyl/N-ethyl adjacent to an activating group) is 1. The molecular weight excluding hydrogens is 378 g/mol. The molecule has 4 nitrogen and oxygen atoms in total. The summed E-state index contributed by atoms with van der Waals surface area (Å²) >= 11 is 1.61. The first-order valence-corrected chi connectivity index (χ1v) is 11.0. The molecule has 0 N–H and O–H groups in total. The van der Waals surface area contributed by atoms with Crippen LogP contribution in [-0.4, -0.2) is 43.0 Å². The summed E-state index contributed by atoms with van der Waals surface area (Å²) in [5.41, 5.74) is 6.99. The van der Waals surface area contributed by atoms with Crippen LogP contribution in [0.25, 0.3) is 10.2 Å². The van der Waals surface area contributed by atoms with Gasteiger partial charge in [0.15, 0.2) is 5.13 Å². The van der Waals surface area contributed by atoms with Gasteiger partial charge in [0, 0.05) is 13.1 Å². The highest BCUT2D eigenvalue weighted by Gasteiger charge is 2.22. The highest BCUT2D eigenvalue weighted by atomic mass is 32.1. The monoisotopic (exact) mass is 409 g/mol. The summed E-state index contributed by atoms with van der Waals surface area (Å²) < 4.78 is 1.14. The van der Waals surface area contributed by atoms with E-state index in [2.05, 4.69) is 62.9 Å². The number of anilines is 1. The van der Waals surface area contributed by atoms with Gasteiger partial charge in [-0.1, -0.05) is 48.1 Å². The van der Waals surface area contributed by atoms with Gasteiger partial charge in [0.1, 0.15) is 0 Å². The molecule has 0 fully saturated rings. The number of nitrogens with zero attached hydrogens (tertiary/aromatic N) is 3. The molecule has 154 valence electrons. The van der Waals surface area contributed by atoms with Crippen molar-refractivity contribution in [2.24, 2.45) is 0 Å². The van der Waals surface area contributed by atoms with E-state index >= 15 is 0 Å². The predicted molar refractivity (Wildman–Crippen MR) is 124 cm³/mol. The molecule has 0 unspecified atom stereocenters. The molecule has 3 aromatic rings. The summed E-state index contributed by atoms with van der Waals surface area (Å²) in [4.78, 5) is 22.3. The molecule has 1 aromatic heterocycles. The van der Waals surface area contributed by atoms with Gasteiger partial charge in [0.05, 0.1) is 16.6 Å². The molecule has 1 heterocycles. The minimum Gasteiger partial charge on any atom is -0.308 e. The Morgan fingerprint density at radius 1 is 1.07 bits per heavy atom. The molecule has 0 spiro atoms. The van der Waals surface area contributed by atoms with Crippen molar-refractivity contribution in [2.45, 2.75) is 40.5 Å². The second kappa shape index (κ2) is 9.06. The Morgan fingerprint density at radius 2 is 1.76 bits per heavy atom. The number of aromatic nitrogens is 1. The maximum absolute atomic E-state index is 13.4. The maximum Gasteiger partial charge on any atom is 0.233 e. The fourth-order valence-electron chi connectivity index (χ4n) is 3.76. The fourth-order valence-corrected chi connectivity index (χ4v) is 4.81. The molecule has 5 heteroatoms. The van der Waals surface area contributed by atoms with Crippen molar-refractivity contribution in [1.82, 2.24) is 9.88 Å². The van der Waals surface area contributed by atoms with Crippen LogP contribution in [0, 0.1) is 20.8 Å². The van der Waals surface area contributed by atoms with Crippen LogP contribution in [0.3, 0.4) is 0 Å². The van der Waals surface area contributed by atoms with Gasteiger partial charge in [-0.3, -0.25) is 9.69 Å². The molecular formula is C24H31N3OS. The van der Waals surface area contributed by atoms with E-state index in [1.807, 2.05) is 19.0 Å². The minimum absolute atomic E-state index is 0.110. The first kappa shape index (κ1) is 21.5. The van der Waals surface area contributed by atoms with Crippen molar-refractivity contribution in [3.05, 3.63) is 58.1 Å². The van der Waals surface area contributed by atoms with Gasteiger partial charge < -0.3 is 4.90 Å². The van der Waals surface area contributed by atoms with E-state index in [-0.39, 0.29) is 5.91 Å². The van der Waals surface area contributed by atoms with Crippen LogP contribution >= 0.6 is 11.3 Å². The summed E-state index contributed by atoms with van der Waals surface area (Å²) in [6, 6.07) is 10.6. The Kier molecular flexibility index (Phi) is 6.70. The topological polar surface area (TPSA) is 36.4 Å². The molecule has 0 radical (unpaired) electrons. The summed E-state index contributed by atoms with van der Waals surface area (Å²) in [7, 11) is 4.06. The molecule has 0 aliphatic carbocycles. The van der Waals surface area contributed by atoms with E-state index in [1.165, 1.54) is 22.3 Å². The van der Waals surface area contributed by atoms with Crippen LogP contribution in [0.5, 0.6) is 0 Å². The van der Waals surface area contributed by atoms with Crippen LogP contribution in [0.2, 0.25) is 0 Å². The number of amides is 1. The van der Waals surface area contributed by atoms with E-state index in [0.717, 1.165) is 33.9 Å². The Hall–Kier alpha value is -2.24. The van der Waals surface area contributed by atoms with Crippen molar-refractivity contribution >= 4 is 32.6 Å². The summed E-state index contributed by atoms with van der Waals surface area (Å²) in [5, 5.41) is 0.801. The number of fused-ring (bicyclic) bond motifs is 1. The standard InChI is InChI=1S/C24H31N3OS/c1-7-19-9-8-10-21-23(19)25-24(29-21)27(12-11-26(5)6)22(28)15-20-17(3)13-16(2)14-18(20)4/h8-10,13-14H,7,11-12,15H2,1-6H3. The summed E-state index contributed by atoms with van der Waals surface area (Å²) in [6.45, 7) is 9.87. The zero-order chi connectivity index (χ0) is 21.1. The summed E-state index contributed by atoms with van der Waals surface area (Å²) in [6.07, 6.45) is 1.34. The maximum atomic E-state index is 13.4. The number of aryl methyl sites for hydroxylation is 4. The zero-order valence-electron chi connectivity index (χ0n) is 18.4. The predicted octanol–water partition coefficient (Wildman–Crippen LogP) is 4.92. The number of thiazole rings is 1. The van der Waals surface area contributed by atoms with Crippen LogP contribution < -0.4 is 4.90 Å². The number of para-hydroxylation sites is 1. The minimum atomic E-state index is 0.110. The number of hydrogen-bond donors (Lipinski definition) is 0. The molecule has 0 bridgehead atoms. The largest absolute Gasteiger partial charge is 0.308 e. The van der Waals surface area contributed by atoms with E-state index in [4.69, 9.17) is 4.98 Å². The van der Waals surface area contributed by atoms with E-state index in [0.29, 0.717) is 13.0 Å². The molecule has 0 atom stereocenters. The zero-order valence-corrected chi connectivity index (χ0v) is 19.2. The molecule has 0 aliphatic rings. The molecule has 0 aliphatic heterocycles. The third-order valence-electron chi connectivity index (χ3n) is 5.34. The van der Waals surface area contributed by atoms with Gasteiger partial charge in [0.2, 0.25) is 5.91 Å². The first-order valence-electron chi connectivity index (χ1n) is 10.2.